The Balaban J connectivity index is 3.70. The van der Waals surface area contributed by atoms with E-state index in [2.05, 4.69) is 20.8 Å². The largest absolute Gasteiger partial charge is 0.375 e. The molecule has 0 spiro atoms. The van der Waals surface area contributed by atoms with Crippen LogP contribution in [0.25, 0.3) is 0 Å². The summed E-state index contributed by atoms with van der Waals surface area (Å²) in [5.41, 5.74) is 5.46. The minimum atomic E-state index is -0.0650. The molecule has 13 heavy (non-hydrogen) atoms. The summed E-state index contributed by atoms with van der Waals surface area (Å²) in [6, 6.07) is 0. The SMILES string of the molecule is CCOC(CN)COC(C)(C)CC. The fraction of sp³-hybridized carbons (Fsp3) is 1.00. The summed E-state index contributed by atoms with van der Waals surface area (Å²) in [5, 5.41) is 0. The van der Waals surface area contributed by atoms with Gasteiger partial charge >= 0.3 is 0 Å². The average Bonchev–Trinajstić information content (AvgIpc) is 2.12. The van der Waals surface area contributed by atoms with Crippen LogP contribution in [-0.4, -0.2) is 31.5 Å². The summed E-state index contributed by atoms with van der Waals surface area (Å²) < 4.78 is 11.1. The van der Waals surface area contributed by atoms with Crippen molar-refractivity contribution >= 4 is 0 Å². The highest BCUT2D eigenvalue weighted by atomic mass is 16.5. The maximum absolute atomic E-state index is 5.68. The second-order valence-electron chi connectivity index (χ2n) is 3.74. The van der Waals surface area contributed by atoms with E-state index in [1.54, 1.807) is 0 Å². The van der Waals surface area contributed by atoms with Gasteiger partial charge < -0.3 is 15.2 Å². The predicted molar refractivity (Wildman–Crippen MR) is 54.8 cm³/mol. The fourth-order valence-electron chi connectivity index (χ4n) is 0.840. The Morgan fingerprint density at radius 1 is 1.31 bits per heavy atom. The molecule has 0 fully saturated rings. The standard InChI is InChI=1S/C10H23NO2/c1-5-10(3,4)13-8-9(7-11)12-6-2/h9H,5-8,11H2,1-4H3. The molecule has 3 nitrogen and oxygen atoms in total. The van der Waals surface area contributed by atoms with Gasteiger partial charge in [-0.25, -0.2) is 0 Å². The molecule has 0 rings (SSSR count). The molecule has 0 aliphatic carbocycles. The Morgan fingerprint density at radius 2 is 1.92 bits per heavy atom. The van der Waals surface area contributed by atoms with Gasteiger partial charge in [0, 0.05) is 13.2 Å². The highest BCUT2D eigenvalue weighted by Gasteiger charge is 2.17. The molecule has 0 aromatic carbocycles. The van der Waals surface area contributed by atoms with Gasteiger partial charge in [0.1, 0.15) is 0 Å². The molecule has 1 unspecified atom stereocenters. The van der Waals surface area contributed by atoms with Crippen molar-refractivity contribution in [1.82, 2.24) is 0 Å². The van der Waals surface area contributed by atoms with Crippen molar-refractivity contribution in [2.75, 3.05) is 19.8 Å². The van der Waals surface area contributed by atoms with E-state index in [9.17, 15) is 0 Å². The summed E-state index contributed by atoms with van der Waals surface area (Å²) in [7, 11) is 0. The number of nitrogens with two attached hydrogens (primary N) is 1. The zero-order valence-electron chi connectivity index (χ0n) is 9.30. The van der Waals surface area contributed by atoms with Crippen LogP contribution >= 0.6 is 0 Å². The minimum Gasteiger partial charge on any atom is -0.375 e. The molecule has 0 amide bonds. The summed E-state index contributed by atoms with van der Waals surface area (Å²) in [6.45, 7) is 10.0. The van der Waals surface area contributed by atoms with Crippen LogP contribution in [-0.2, 0) is 9.47 Å². The van der Waals surface area contributed by atoms with Crippen molar-refractivity contribution < 1.29 is 9.47 Å². The van der Waals surface area contributed by atoms with Crippen LogP contribution in [0.2, 0.25) is 0 Å². The van der Waals surface area contributed by atoms with Crippen LogP contribution < -0.4 is 5.73 Å². The molecule has 80 valence electrons. The molecule has 0 bridgehead atoms. The van der Waals surface area contributed by atoms with Crippen molar-refractivity contribution in [2.45, 2.75) is 45.8 Å². The van der Waals surface area contributed by atoms with E-state index in [0.717, 1.165) is 6.42 Å². The minimum absolute atomic E-state index is 0.0378. The van der Waals surface area contributed by atoms with Crippen LogP contribution in [0.5, 0.6) is 0 Å². The van der Waals surface area contributed by atoms with E-state index in [1.165, 1.54) is 0 Å². The van der Waals surface area contributed by atoms with Gasteiger partial charge in [-0.2, -0.15) is 0 Å². The quantitative estimate of drug-likeness (QED) is 0.661. The molecule has 0 heterocycles. The summed E-state index contributed by atoms with van der Waals surface area (Å²) >= 11 is 0. The first-order chi connectivity index (χ1) is 6.05. The Hall–Kier alpha value is -0.120. The molecule has 1 atom stereocenters. The highest BCUT2D eigenvalue weighted by Crippen LogP contribution is 2.13. The van der Waals surface area contributed by atoms with Crippen LogP contribution in [0.15, 0.2) is 0 Å². The van der Waals surface area contributed by atoms with Gasteiger partial charge in [-0.05, 0) is 27.2 Å². The van der Waals surface area contributed by atoms with Gasteiger partial charge in [0.15, 0.2) is 0 Å². The molecule has 0 aromatic heterocycles. The van der Waals surface area contributed by atoms with Crippen LogP contribution in [0.1, 0.15) is 34.1 Å². The number of ether oxygens (including phenoxy) is 2. The number of rotatable bonds is 7. The third-order valence-electron chi connectivity index (χ3n) is 2.18. The molecule has 3 heteroatoms. The van der Waals surface area contributed by atoms with Crippen molar-refractivity contribution in [1.29, 1.82) is 0 Å². The van der Waals surface area contributed by atoms with E-state index < -0.39 is 0 Å². The van der Waals surface area contributed by atoms with E-state index in [0.29, 0.717) is 19.8 Å². The van der Waals surface area contributed by atoms with Gasteiger partial charge in [0.05, 0.1) is 18.3 Å². The molecule has 0 saturated heterocycles. The second-order valence-corrected chi connectivity index (χ2v) is 3.74. The molecule has 0 radical (unpaired) electrons. The Labute approximate surface area is 81.6 Å². The second kappa shape index (κ2) is 6.35. The van der Waals surface area contributed by atoms with Gasteiger partial charge in [-0.3, -0.25) is 0 Å². The van der Waals surface area contributed by atoms with Crippen molar-refractivity contribution in [3.8, 4) is 0 Å². The fourth-order valence-corrected chi connectivity index (χ4v) is 0.840. The topological polar surface area (TPSA) is 44.5 Å². The monoisotopic (exact) mass is 189 g/mol. The van der Waals surface area contributed by atoms with Crippen LogP contribution in [0, 0.1) is 0 Å². The molecule has 0 aliphatic rings. The average molecular weight is 189 g/mol. The van der Waals surface area contributed by atoms with Gasteiger partial charge in [-0.1, -0.05) is 6.92 Å². The van der Waals surface area contributed by atoms with E-state index in [4.69, 9.17) is 15.2 Å². The first-order valence-corrected chi connectivity index (χ1v) is 5.01. The van der Waals surface area contributed by atoms with E-state index >= 15 is 0 Å². The molecule has 0 aliphatic heterocycles. The first-order valence-electron chi connectivity index (χ1n) is 5.01. The Bertz CT molecular complexity index is 126. The van der Waals surface area contributed by atoms with Crippen LogP contribution in [0.4, 0.5) is 0 Å². The zero-order chi connectivity index (χ0) is 10.3. The molecular weight excluding hydrogens is 166 g/mol. The highest BCUT2D eigenvalue weighted by molar-refractivity contribution is 4.67. The first kappa shape index (κ1) is 12.9. The van der Waals surface area contributed by atoms with Gasteiger partial charge in [-0.15, -0.1) is 0 Å². The lowest BCUT2D eigenvalue weighted by Gasteiger charge is -2.26. The smallest absolute Gasteiger partial charge is 0.0930 e. The van der Waals surface area contributed by atoms with Gasteiger partial charge in [0.2, 0.25) is 0 Å². The van der Waals surface area contributed by atoms with Crippen molar-refractivity contribution in [3.63, 3.8) is 0 Å². The Morgan fingerprint density at radius 3 is 2.31 bits per heavy atom. The molecule has 2 N–H and O–H groups in total. The number of hydrogen-bond acceptors (Lipinski definition) is 3. The third kappa shape index (κ3) is 6.02. The maximum Gasteiger partial charge on any atom is 0.0930 e. The molecule has 0 saturated carbocycles. The maximum atomic E-state index is 5.68. The predicted octanol–water partition coefficient (Wildman–Crippen LogP) is 1.56. The van der Waals surface area contributed by atoms with E-state index in [1.807, 2.05) is 6.92 Å². The van der Waals surface area contributed by atoms with Crippen LogP contribution in [0.3, 0.4) is 0 Å². The van der Waals surface area contributed by atoms with Gasteiger partial charge in [0.25, 0.3) is 0 Å². The summed E-state index contributed by atoms with van der Waals surface area (Å²) in [5.74, 6) is 0. The zero-order valence-corrected chi connectivity index (χ0v) is 9.30. The lowest BCUT2D eigenvalue weighted by molar-refractivity contribution is -0.0766. The molecular formula is C10H23NO2. The lowest BCUT2D eigenvalue weighted by Crippen LogP contribution is -2.34. The van der Waals surface area contributed by atoms with E-state index in [-0.39, 0.29) is 11.7 Å². The third-order valence-corrected chi connectivity index (χ3v) is 2.18. The Kier molecular flexibility index (Phi) is 6.29. The molecule has 0 aromatic rings. The lowest BCUT2D eigenvalue weighted by atomic mass is 10.1. The number of hydrogen-bond donors (Lipinski definition) is 1. The summed E-state index contributed by atoms with van der Waals surface area (Å²) in [4.78, 5) is 0. The normalized spacial score (nSPS) is 14.5. The summed E-state index contributed by atoms with van der Waals surface area (Å²) in [6.07, 6.45) is 1.03. The van der Waals surface area contributed by atoms with Crippen molar-refractivity contribution in [2.24, 2.45) is 5.73 Å². The van der Waals surface area contributed by atoms with Crippen molar-refractivity contribution in [3.05, 3.63) is 0 Å².